The predicted octanol–water partition coefficient (Wildman–Crippen LogP) is 3.71. The van der Waals surface area contributed by atoms with Gasteiger partial charge in [0.25, 0.3) is 5.56 Å². The number of ether oxygens (including phenoxy) is 1. The number of rotatable bonds is 7. The standard InChI is InChI=1S/C25H24N4O5S3/c1-34-17-10-8-16(9-11-17)29-24(31)22-19-4-2-3-5-20(19)36-23(22)28-25(29)35-14-21(30)27-15-6-12-18(13-7-15)37(26,32)33/h6-13H,2-5,14H2,1H3,(H,27,30)(H2,26,32,33). The Hall–Kier alpha value is -3.19. The molecule has 0 saturated heterocycles. The van der Waals surface area contributed by atoms with E-state index in [4.69, 9.17) is 14.9 Å². The topological polar surface area (TPSA) is 133 Å². The highest BCUT2D eigenvalue weighted by Gasteiger charge is 2.23. The second-order valence-corrected chi connectivity index (χ2v) is 12.1. The van der Waals surface area contributed by atoms with E-state index in [1.54, 1.807) is 47.3 Å². The molecule has 3 N–H and O–H groups in total. The van der Waals surface area contributed by atoms with Gasteiger partial charge in [-0.15, -0.1) is 11.3 Å². The van der Waals surface area contributed by atoms with E-state index in [2.05, 4.69) is 5.32 Å². The molecule has 2 aromatic heterocycles. The molecule has 0 aliphatic heterocycles. The van der Waals surface area contributed by atoms with Crippen molar-refractivity contribution >= 4 is 54.9 Å². The van der Waals surface area contributed by atoms with Gasteiger partial charge in [-0.2, -0.15) is 0 Å². The minimum absolute atomic E-state index is 0.00384. The van der Waals surface area contributed by atoms with Gasteiger partial charge >= 0.3 is 0 Å². The van der Waals surface area contributed by atoms with E-state index in [0.717, 1.165) is 43.0 Å². The Bertz CT molecular complexity index is 1640. The zero-order chi connectivity index (χ0) is 26.2. The van der Waals surface area contributed by atoms with E-state index in [1.165, 1.54) is 29.1 Å². The summed E-state index contributed by atoms with van der Waals surface area (Å²) in [5.41, 5.74) is 2.02. The maximum Gasteiger partial charge on any atom is 0.267 e. The monoisotopic (exact) mass is 556 g/mol. The molecular formula is C25H24N4O5S3. The fourth-order valence-corrected chi connectivity index (χ4v) is 6.93. The van der Waals surface area contributed by atoms with Crippen LogP contribution >= 0.6 is 23.1 Å². The first-order valence-corrected chi connectivity index (χ1v) is 14.9. The van der Waals surface area contributed by atoms with Crippen LogP contribution in [0.1, 0.15) is 23.3 Å². The van der Waals surface area contributed by atoms with Crippen LogP contribution in [0.2, 0.25) is 0 Å². The number of thioether (sulfide) groups is 1. The van der Waals surface area contributed by atoms with Crippen LogP contribution in [-0.2, 0) is 27.7 Å². The lowest BCUT2D eigenvalue weighted by Gasteiger charge is -2.14. The molecule has 2 aromatic carbocycles. The van der Waals surface area contributed by atoms with Crippen molar-refractivity contribution in [1.82, 2.24) is 9.55 Å². The van der Waals surface area contributed by atoms with Crippen LogP contribution in [0.3, 0.4) is 0 Å². The van der Waals surface area contributed by atoms with E-state index in [-0.39, 0.29) is 22.1 Å². The van der Waals surface area contributed by atoms with Crippen molar-refractivity contribution in [1.29, 1.82) is 0 Å². The molecule has 0 unspecified atom stereocenters. The number of methoxy groups -OCH3 is 1. The fourth-order valence-electron chi connectivity index (χ4n) is 4.30. The maximum absolute atomic E-state index is 13.8. The number of hydrogen-bond donors (Lipinski definition) is 2. The van der Waals surface area contributed by atoms with Gasteiger partial charge in [-0.05, 0) is 79.8 Å². The van der Waals surface area contributed by atoms with Crippen LogP contribution in [-0.4, -0.2) is 36.7 Å². The summed E-state index contributed by atoms with van der Waals surface area (Å²) >= 11 is 2.72. The van der Waals surface area contributed by atoms with E-state index < -0.39 is 10.0 Å². The number of nitrogens with two attached hydrogens (primary N) is 1. The number of benzene rings is 2. The van der Waals surface area contributed by atoms with E-state index in [1.807, 2.05) is 0 Å². The third-order valence-corrected chi connectivity index (χ3v) is 9.14. The van der Waals surface area contributed by atoms with Gasteiger partial charge in [0.1, 0.15) is 10.6 Å². The van der Waals surface area contributed by atoms with Crippen LogP contribution < -0.4 is 20.8 Å². The number of thiophene rings is 1. The van der Waals surface area contributed by atoms with Crippen LogP contribution in [0.5, 0.6) is 5.75 Å². The van der Waals surface area contributed by atoms with Crippen molar-refractivity contribution in [3.05, 3.63) is 69.3 Å². The SMILES string of the molecule is COc1ccc(-n2c(SCC(=O)Nc3ccc(S(N)(=O)=O)cc3)nc3sc4c(c3c2=O)CCCC4)cc1. The van der Waals surface area contributed by atoms with Crippen LogP contribution in [0.25, 0.3) is 15.9 Å². The molecule has 12 heteroatoms. The summed E-state index contributed by atoms with van der Waals surface area (Å²) in [6.07, 6.45) is 3.98. The first-order valence-electron chi connectivity index (χ1n) is 11.5. The smallest absolute Gasteiger partial charge is 0.267 e. The molecule has 37 heavy (non-hydrogen) atoms. The summed E-state index contributed by atoms with van der Waals surface area (Å²) in [5.74, 6) is 0.339. The zero-order valence-corrected chi connectivity index (χ0v) is 22.3. The molecule has 5 rings (SSSR count). The summed E-state index contributed by atoms with van der Waals surface area (Å²) in [4.78, 5) is 33.2. The Morgan fingerprint density at radius 1 is 1.14 bits per heavy atom. The lowest BCUT2D eigenvalue weighted by molar-refractivity contribution is -0.113. The van der Waals surface area contributed by atoms with E-state index >= 15 is 0 Å². The molecule has 0 radical (unpaired) electrons. The van der Waals surface area contributed by atoms with Gasteiger partial charge in [-0.3, -0.25) is 14.2 Å². The van der Waals surface area contributed by atoms with Crippen LogP contribution in [0.4, 0.5) is 5.69 Å². The summed E-state index contributed by atoms with van der Waals surface area (Å²) in [7, 11) is -2.24. The number of carbonyl (C=O) groups excluding carboxylic acids is 1. The van der Waals surface area contributed by atoms with Crippen molar-refractivity contribution in [3.63, 3.8) is 0 Å². The van der Waals surface area contributed by atoms with Crippen LogP contribution in [0.15, 0.2) is 63.4 Å². The molecule has 9 nitrogen and oxygen atoms in total. The fraction of sp³-hybridized carbons (Fsp3) is 0.240. The number of anilines is 1. The summed E-state index contributed by atoms with van der Waals surface area (Å²) in [6, 6.07) is 12.7. The second-order valence-electron chi connectivity index (χ2n) is 8.53. The Balaban J connectivity index is 1.46. The van der Waals surface area contributed by atoms with Crippen molar-refractivity contribution in [2.75, 3.05) is 18.2 Å². The Morgan fingerprint density at radius 3 is 2.51 bits per heavy atom. The van der Waals surface area contributed by atoms with Crippen molar-refractivity contribution < 1.29 is 17.9 Å². The highest BCUT2D eigenvalue weighted by atomic mass is 32.2. The molecule has 0 spiro atoms. The van der Waals surface area contributed by atoms with Gasteiger partial charge < -0.3 is 10.1 Å². The lowest BCUT2D eigenvalue weighted by Crippen LogP contribution is -2.23. The zero-order valence-electron chi connectivity index (χ0n) is 19.9. The Kier molecular flexibility index (Phi) is 7.08. The van der Waals surface area contributed by atoms with Crippen LogP contribution in [0, 0.1) is 0 Å². The average Bonchev–Trinajstić information content (AvgIpc) is 3.26. The normalized spacial score (nSPS) is 13.4. The lowest BCUT2D eigenvalue weighted by atomic mass is 9.97. The van der Waals surface area contributed by atoms with E-state index in [9.17, 15) is 18.0 Å². The molecule has 0 bridgehead atoms. The first-order chi connectivity index (χ1) is 17.7. The van der Waals surface area contributed by atoms with Gasteiger partial charge in [-0.1, -0.05) is 11.8 Å². The summed E-state index contributed by atoms with van der Waals surface area (Å²) in [6.45, 7) is 0. The minimum atomic E-state index is -3.82. The quantitative estimate of drug-likeness (QED) is 0.262. The molecule has 192 valence electrons. The summed E-state index contributed by atoms with van der Waals surface area (Å²) < 4.78 is 29.7. The molecule has 1 aliphatic carbocycles. The third kappa shape index (κ3) is 5.28. The number of sulfonamides is 1. The van der Waals surface area contributed by atoms with Gasteiger partial charge in [0.15, 0.2) is 5.16 Å². The molecule has 0 saturated carbocycles. The van der Waals surface area contributed by atoms with Gasteiger partial charge in [0, 0.05) is 10.6 Å². The average molecular weight is 557 g/mol. The number of hydrogen-bond acceptors (Lipinski definition) is 8. The second kappa shape index (κ2) is 10.3. The number of amides is 1. The predicted molar refractivity (Wildman–Crippen MR) is 146 cm³/mol. The largest absolute Gasteiger partial charge is 0.497 e. The molecule has 2 heterocycles. The third-order valence-electron chi connectivity index (χ3n) is 6.09. The number of carbonyl (C=O) groups is 1. The maximum atomic E-state index is 13.8. The molecular weight excluding hydrogens is 532 g/mol. The number of nitrogens with zero attached hydrogens (tertiary/aromatic N) is 2. The number of fused-ring (bicyclic) bond motifs is 3. The Labute approximate surface area is 221 Å². The van der Waals surface area contributed by atoms with Gasteiger partial charge in [0.05, 0.1) is 28.8 Å². The van der Waals surface area contributed by atoms with Gasteiger partial charge in [0.2, 0.25) is 15.9 Å². The number of primary sulfonamides is 1. The van der Waals surface area contributed by atoms with Crippen molar-refractivity contribution in [2.24, 2.45) is 5.14 Å². The first kappa shape index (κ1) is 25.5. The van der Waals surface area contributed by atoms with Crippen molar-refractivity contribution in [2.45, 2.75) is 35.7 Å². The molecule has 4 aromatic rings. The highest BCUT2D eigenvalue weighted by Crippen LogP contribution is 2.35. The Morgan fingerprint density at radius 2 is 1.84 bits per heavy atom. The highest BCUT2D eigenvalue weighted by molar-refractivity contribution is 7.99. The molecule has 0 atom stereocenters. The minimum Gasteiger partial charge on any atom is -0.497 e. The molecule has 1 aliphatic rings. The van der Waals surface area contributed by atoms with Crippen molar-refractivity contribution in [3.8, 4) is 11.4 Å². The number of aromatic nitrogens is 2. The van der Waals surface area contributed by atoms with E-state index in [0.29, 0.717) is 32.5 Å². The molecule has 1 amide bonds. The number of aryl methyl sites for hydroxylation is 2. The van der Waals surface area contributed by atoms with Gasteiger partial charge in [-0.25, -0.2) is 18.5 Å². The molecule has 0 fully saturated rings. The number of nitrogens with one attached hydrogen (secondary N) is 1. The summed E-state index contributed by atoms with van der Waals surface area (Å²) in [5, 5.41) is 8.94.